The van der Waals surface area contributed by atoms with Crippen LogP contribution in [0.3, 0.4) is 0 Å². The van der Waals surface area contributed by atoms with E-state index in [-0.39, 0.29) is 11.9 Å². The normalized spacial score (nSPS) is 12.4. The number of benzene rings is 2. The number of aryl methyl sites for hydroxylation is 1. The summed E-state index contributed by atoms with van der Waals surface area (Å²) in [5.41, 5.74) is 3.08. The van der Waals surface area contributed by atoms with E-state index in [1.165, 1.54) is 11.6 Å². The fraction of sp³-hybridized carbons (Fsp3) is 0.294. The minimum atomic E-state index is -0.176. The van der Waals surface area contributed by atoms with E-state index in [4.69, 9.17) is 0 Å². The highest BCUT2D eigenvalue weighted by Crippen LogP contribution is 2.29. The Hall–Kier alpha value is -1.19. The van der Waals surface area contributed by atoms with E-state index >= 15 is 0 Å². The summed E-state index contributed by atoms with van der Waals surface area (Å²) in [6.07, 6.45) is 0.938. The van der Waals surface area contributed by atoms with Gasteiger partial charge in [-0.1, -0.05) is 54.0 Å². The summed E-state index contributed by atoms with van der Waals surface area (Å²) in [7, 11) is 0. The first-order valence-corrected chi connectivity index (χ1v) is 7.72. The highest BCUT2D eigenvalue weighted by Gasteiger charge is 2.19. The molecule has 3 heteroatoms. The summed E-state index contributed by atoms with van der Waals surface area (Å²) < 4.78 is 15.1. The van der Waals surface area contributed by atoms with Crippen LogP contribution in [0.4, 0.5) is 4.39 Å². The maximum absolute atomic E-state index is 14.2. The lowest BCUT2D eigenvalue weighted by molar-refractivity contribution is 0.556. The van der Waals surface area contributed by atoms with Crippen LogP contribution in [0, 0.1) is 5.82 Å². The van der Waals surface area contributed by atoms with Gasteiger partial charge in [-0.3, -0.25) is 0 Å². The van der Waals surface area contributed by atoms with Gasteiger partial charge in [0.15, 0.2) is 0 Å². The van der Waals surface area contributed by atoms with Crippen molar-refractivity contribution in [3.8, 4) is 0 Å². The van der Waals surface area contributed by atoms with Gasteiger partial charge in [-0.2, -0.15) is 0 Å². The van der Waals surface area contributed by atoms with Gasteiger partial charge in [-0.25, -0.2) is 4.39 Å². The molecule has 0 saturated heterocycles. The van der Waals surface area contributed by atoms with Crippen LogP contribution in [0.15, 0.2) is 46.9 Å². The predicted octanol–water partition coefficient (Wildman–Crippen LogP) is 4.85. The number of nitrogens with one attached hydrogen (secondary N) is 1. The maximum atomic E-state index is 14.2. The van der Waals surface area contributed by atoms with Gasteiger partial charge in [0.05, 0.1) is 6.04 Å². The van der Waals surface area contributed by atoms with Gasteiger partial charge >= 0.3 is 0 Å². The molecule has 2 rings (SSSR count). The smallest absolute Gasteiger partial charge is 0.128 e. The predicted molar refractivity (Wildman–Crippen MR) is 85.4 cm³/mol. The van der Waals surface area contributed by atoms with Crippen molar-refractivity contribution in [2.45, 2.75) is 26.3 Å². The molecule has 1 atom stereocenters. The van der Waals surface area contributed by atoms with E-state index in [2.05, 4.69) is 40.3 Å². The molecule has 1 unspecified atom stereocenters. The van der Waals surface area contributed by atoms with Crippen molar-refractivity contribution in [1.82, 2.24) is 5.32 Å². The van der Waals surface area contributed by atoms with Crippen molar-refractivity contribution in [3.05, 3.63) is 69.4 Å². The third kappa shape index (κ3) is 3.28. The average molecular weight is 336 g/mol. The molecule has 2 aromatic rings. The molecule has 0 fully saturated rings. The molecule has 1 nitrogen and oxygen atoms in total. The lowest BCUT2D eigenvalue weighted by Gasteiger charge is -2.22. The Morgan fingerprint density at radius 1 is 1.10 bits per heavy atom. The summed E-state index contributed by atoms with van der Waals surface area (Å²) >= 11 is 3.43. The lowest BCUT2D eigenvalue weighted by Crippen LogP contribution is -2.24. The molecule has 0 aliphatic rings. The first kappa shape index (κ1) is 15.2. The zero-order chi connectivity index (χ0) is 14.5. The van der Waals surface area contributed by atoms with Crippen molar-refractivity contribution in [2.75, 3.05) is 6.54 Å². The van der Waals surface area contributed by atoms with Crippen LogP contribution in [-0.4, -0.2) is 6.54 Å². The van der Waals surface area contributed by atoms with Gasteiger partial charge < -0.3 is 5.32 Å². The van der Waals surface area contributed by atoms with Crippen LogP contribution in [0.25, 0.3) is 0 Å². The van der Waals surface area contributed by atoms with Crippen LogP contribution in [0.2, 0.25) is 0 Å². The Morgan fingerprint density at radius 2 is 1.85 bits per heavy atom. The van der Waals surface area contributed by atoms with Gasteiger partial charge in [0.2, 0.25) is 0 Å². The monoisotopic (exact) mass is 335 g/mol. The Balaban J connectivity index is 2.53. The SMILES string of the molecule is CCNC(c1cc(Br)ccc1F)c1ccccc1CC. The van der Waals surface area contributed by atoms with Gasteiger partial charge in [-0.05, 0) is 42.3 Å². The van der Waals surface area contributed by atoms with Crippen LogP contribution < -0.4 is 5.32 Å². The fourth-order valence-electron chi connectivity index (χ4n) is 2.47. The molecular weight excluding hydrogens is 317 g/mol. The first-order valence-electron chi connectivity index (χ1n) is 6.93. The second kappa shape index (κ2) is 7.00. The molecule has 0 heterocycles. The van der Waals surface area contributed by atoms with Gasteiger partial charge in [0, 0.05) is 10.0 Å². The largest absolute Gasteiger partial charge is 0.306 e. The van der Waals surface area contributed by atoms with E-state index in [0.29, 0.717) is 5.56 Å². The molecule has 2 aromatic carbocycles. The van der Waals surface area contributed by atoms with E-state index in [1.54, 1.807) is 6.07 Å². The molecule has 106 valence electrons. The quantitative estimate of drug-likeness (QED) is 0.823. The van der Waals surface area contributed by atoms with Gasteiger partial charge in [0.25, 0.3) is 0 Å². The van der Waals surface area contributed by atoms with E-state index < -0.39 is 0 Å². The van der Waals surface area contributed by atoms with Crippen LogP contribution in [0.1, 0.15) is 36.6 Å². The van der Waals surface area contributed by atoms with Crippen molar-refractivity contribution in [1.29, 1.82) is 0 Å². The zero-order valence-corrected chi connectivity index (χ0v) is 13.4. The fourth-order valence-corrected chi connectivity index (χ4v) is 2.84. The summed E-state index contributed by atoms with van der Waals surface area (Å²) in [5.74, 6) is -0.176. The number of hydrogen-bond donors (Lipinski definition) is 1. The Kier molecular flexibility index (Phi) is 5.32. The molecule has 20 heavy (non-hydrogen) atoms. The van der Waals surface area contributed by atoms with Gasteiger partial charge in [-0.15, -0.1) is 0 Å². The summed E-state index contributed by atoms with van der Waals surface area (Å²) in [4.78, 5) is 0. The van der Waals surface area contributed by atoms with Crippen molar-refractivity contribution < 1.29 is 4.39 Å². The second-order valence-electron chi connectivity index (χ2n) is 4.71. The van der Waals surface area contributed by atoms with Crippen LogP contribution in [-0.2, 0) is 6.42 Å². The minimum absolute atomic E-state index is 0.117. The average Bonchev–Trinajstić information content (AvgIpc) is 2.47. The Bertz CT molecular complexity index is 583. The molecule has 0 aromatic heterocycles. The summed E-state index contributed by atoms with van der Waals surface area (Å²) in [5, 5.41) is 3.40. The maximum Gasteiger partial charge on any atom is 0.128 e. The first-order chi connectivity index (χ1) is 9.67. The van der Waals surface area contributed by atoms with E-state index in [9.17, 15) is 4.39 Å². The Labute approximate surface area is 128 Å². The second-order valence-corrected chi connectivity index (χ2v) is 5.62. The number of rotatable bonds is 5. The Morgan fingerprint density at radius 3 is 2.55 bits per heavy atom. The van der Waals surface area contributed by atoms with Crippen molar-refractivity contribution in [3.63, 3.8) is 0 Å². The lowest BCUT2D eigenvalue weighted by atomic mass is 9.93. The number of hydrogen-bond acceptors (Lipinski definition) is 1. The molecule has 0 saturated carbocycles. The molecule has 0 aliphatic carbocycles. The highest BCUT2D eigenvalue weighted by atomic mass is 79.9. The molecule has 1 N–H and O–H groups in total. The van der Waals surface area contributed by atoms with Gasteiger partial charge in [0.1, 0.15) is 5.82 Å². The molecule has 0 bridgehead atoms. The topological polar surface area (TPSA) is 12.0 Å². The minimum Gasteiger partial charge on any atom is -0.306 e. The van der Waals surface area contributed by atoms with Crippen LogP contribution in [0.5, 0.6) is 0 Å². The standard InChI is InChI=1S/C17H19BrFN/c1-3-12-7-5-6-8-14(12)17(20-4-2)15-11-13(18)9-10-16(15)19/h5-11,17,20H,3-4H2,1-2H3. The summed E-state index contributed by atoms with van der Waals surface area (Å²) in [6.45, 7) is 4.95. The summed E-state index contributed by atoms with van der Waals surface area (Å²) in [6, 6.07) is 13.2. The van der Waals surface area contributed by atoms with Crippen LogP contribution >= 0.6 is 15.9 Å². The third-order valence-corrected chi connectivity index (χ3v) is 3.92. The number of halogens is 2. The van der Waals surface area contributed by atoms with E-state index in [1.807, 2.05) is 25.1 Å². The molecule has 0 spiro atoms. The highest BCUT2D eigenvalue weighted by molar-refractivity contribution is 9.10. The van der Waals surface area contributed by atoms with Crippen molar-refractivity contribution in [2.24, 2.45) is 0 Å². The molecule has 0 aliphatic heterocycles. The zero-order valence-electron chi connectivity index (χ0n) is 11.8. The molecular formula is C17H19BrFN. The third-order valence-electron chi connectivity index (χ3n) is 3.42. The molecule has 0 radical (unpaired) electrons. The molecule has 0 amide bonds. The van der Waals surface area contributed by atoms with Crippen molar-refractivity contribution >= 4 is 15.9 Å². The van der Waals surface area contributed by atoms with E-state index in [0.717, 1.165) is 23.0 Å².